The zero-order valence-corrected chi connectivity index (χ0v) is 13.8. The van der Waals surface area contributed by atoms with E-state index in [1.165, 1.54) is 7.11 Å². The van der Waals surface area contributed by atoms with Crippen LogP contribution in [0.4, 0.5) is 0 Å². The van der Waals surface area contributed by atoms with Crippen LogP contribution in [-0.2, 0) is 10.2 Å². The third-order valence-electron chi connectivity index (χ3n) is 2.83. The van der Waals surface area contributed by atoms with Crippen molar-refractivity contribution in [1.29, 1.82) is 0 Å². The molecule has 0 amide bonds. The van der Waals surface area contributed by atoms with Crippen LogP contribution >= 0.6 is 22.9 Å². The highest BCUT2D eigenvalue weighted by molar-refractivity contribution is 7.15. The second-order valence-electron chi connectivity index (χ2n) is 5.44. The molecule has 0 radical (unpaired) electrons. The maximum absolute atomic E-state index is 11.5. The third kappa shape index (κ3) is 3.54. The highest BCUT2D eigenvalue weighted by Gasteiger charge is 2.22. The van der Waals surface area contributed by atoms with Gasteiger partial charge in [-0.05, 0) is 11.5 Å². The SMILES string of the molecule is COC(=O)c1sc(Oc2ccccc2C(C)(C)C)nc1Cl. The first-order valence-corrected chi connectivity index (χ1v) is 7.54. The molecule has 1 heterocycles. The zero-order valence-electron chi connectivity index (χ0n) is 12.3. The Labute approximate surface area is 132 Å². The molecule has 21 heavy (non-hydrogen) atoms. The smallest absolute Gasteiger partial charge is 0.351 e. The number of carbonyl (C=O) groups is 1. The molecule has 0 aliphatic carbocycles. The van der Waals surface area contributed by atoms with Crippen molar-refractivity contribution in [3.63, 3.8) is 0 Å². The quantitative estimate of drug-likeness (QED) is 0.769. The van der Waals surface area contributed by atoms with Gasteiger partial charge in [-0.25, -0.2) is 4.79 Å². The van der Waals surface area contributed by atoms with Crippen LogP contribution in [-0.4, -0.2) is 18.1 Å². The highest BCUT2D eigenvalue weighted by atomic mass is 35.5. The van der Waals surface area contributed by atoms with Crippen molar-refractivity contribution in [2.45, 2.75) is 26.2 Å². The first kappa shape index (κ1) is 15.8. The average Bonchev–Trinajstić information content (AvgIpc) is 2.78. The molecule has 2 rings (SSSR count). The topological polar surface area (TPSA) is 48.4 Å². The molecule has 4 nitrogen and oxygen atoms in total. The molecule has 0 spiro atoms. The molecule has 0 saturated heterocycles. The van der Waals surface area contributed by atoms with E-state index in [1.54, 1.807) is 0 Å². The van der Waals surface area contributed by atoms with Crippen LogP contribution < -0.4 is 4.74 Å². The first-order chi connectivity index (χ1) is 9.82. The van der Waals surface area contributed by atoms with Crippen LogP contribution in [0.25, 0.3) is 0 Å². The number of aromatic nitrogens is 1. The van der Waals surface area contributed by atoms with E-state index < -0.39 is 5.97 Å². The Morgan fingerprint density at radius 2 is 1.95 bits per heavy atom. The summed E-state index contributed by atoms with van der Waals surface area (Å²) in [4.78, 5) is 15.8. The van der Waals surface area contributed by atoms with Gasteiger partial charge >= 0.3 is 5.97 Å². The molecule has 1 aromatic carbocycles. The zero-order chi connectivity index (χ0) is 15.6. The van der Waals surface area contributed by atoms with Gasteiger partial charge < -0.3 is 9.47 Å². The summed E-state index contributed by atoms with van der Waals surface area (Å²) in [5.41, 5.74) is 0.985. The van der Waals surface area contributed by atoms with Gasteiger partial charge in [-0.2, -0.15) is 4.98 Å². The van der Waals surface area contributed by atoms with Gasteiger partial charge in [-0.15, -0.1) is 0 Å². The number of methoxy groups -OCH3 is 1. The second-order valence-corrected chi connectivity index (χ2v) is 6.76. The largest absolute Gasteiger partial charge is 0.465 e. The summed E-state index contributed by atoms with van der Waals surface area (Å²) >= 11 is 7.00. The number of hydrogen-bond acceptors (Lipinski definition) is 5. The van der Waals surface area contributed by atoms with Crippen LogP contribution in [0.3, 0.4) is 0 Å². The molecule has 0 aliphatic heterocycles. The highest BCUT2D eigenvalue weighted by Crippen LogP contribution is 2.37. The van der Waals surface area contributed by atoms with Gasteiger partial charge in [0.2, 0.25) is 0 Å². The lowest BCUT2D eigenvalue weighted by Gasteiger charge is -2.21. The van der Waals surface area contributed by atoms with Crippen LogP contribution in [0, 0.1) is 0 Å². The number of benzene rings is 1. The summed E-state index contributed by atoms with van der Waals surface area (Å²) in [6.07, 6.45) is 0. The Balaban J connectivity index is 2.34. The second kappa shape index (κ2) is 6.03. The number of thiazole rings is 1. The van der Waals surface area contributed by atoms with Gasteiger partial charge in [0.25, 0.3) is 5.19 Å². The minimum Gasteiger partial charge on any atom is -0.465 e. The Bertz CT molecular complexity index is 661. The maximum Gasteiger partial charge on any atom is 0.351 e. The number of para-hydroxylation sites is 1. The van der Waals surface area contributed by atoms with E-state index in [9.17, 15) is 4.79 Å². The molecule has 0 aliphatic rings. The Morgan fingerprint density at radius 1 is 1.29 bits per heavy atom. The molecular weight excluding hydrogens is 310 g/mol. The normalized spacial score (nSPS) is 11.3. The number of nitrogens with zero attached hydrogens (tertiary/aromatic N) is 1. The van der Waals surface area contributed by atoms with Crippen molar-refractivity contribution < 1.29 is 14.3 Å². The van der Waals surface area contributed by atoms with Gasteiger partial charge in [-0.1, -0.05) is 61.9 Å². The van der Waals surface area contributed by atoms with E-state index in [1.807, 2.05) is 24.3 Å². The Hall–Kier alpha value is -1.59. The lowest BCUT2D eigenvalue weighted by atomic mass is 9.86. The van der Waals surface area contributed by atoms with E-state index in [2.05, 4.69) is 30.5 Å². The van der Waals surface area contributed by atoms with Gasteiger partial charge in [0.1, 0.15) is 5.75 Å². The number of hydrogen-bond donors (Lipinski definition) is 0. The summed E-state index contributed by atoms with van der Waals surface area (Å²) < 4.78 is 10.5. The lowest BCUT2D eigenvalue weighted by molar-refractivity contribution is 0.0606. The van der Waals surface area contributed by atoms with Crippen LogP contribution in [0.15, 0.2) is 24.3 Å². The molecule has 0 fully saturated rings. The van der Waals surface area contributed by atoms with Gasteiger partial charge in [0, 0.05) is 5.56 Å². The molecule has 0 atom stereocenters. The molecule has 0 unspecified atom stereocenters. The van der Waals surface area contributed by atoms with Gasteiger partial charge in [0.15, 0.2) is 10.0 Å². The van der Waals surface area contributed by atoms with Crippen molar-refractivity contribution in [2.24, 2.45) is 0 Å². The van der Waals surface area contributed by atoms with Crippen molar-refractivity contribution in [1.82, 2.24) is 4.98 Å². The fourth-order valence-electron chi connectivity index (χ4n) is 1.81. The molecule has 0 N–H and O–H groups in total. The van der Waals surface area contributed by atoms with E-state index in [-0.39, 0.29) is 15.4 Å². The molecule has 1 aromatic heterocycles. The van der Waals surface area contributed by atoms with E-state index >= 15 is 0 Å². The fraction of sp³-hybridized carbons (Fsp3) is 0.333. The number of rotatable bonds is 3. The number of carbonyl (C=O) groups excluding carboxylic acids is 1. The van der Waals surface area contributed by atoms with Crippen molar-refractivity contribution in [3.05, 3.63) is 39.9 Å². The Kier molecular flexibility index (Phi) is 4.54. The minimum absolute atomic E-state index is 0.0666. The average molecular weight is 326 g/mol. The van der Waals surface area contributed by atoms with Crippen molar-refractivity contribution in [2.75, 3.05) is 7.11 Å². The van der Waals surface area contributed by atoms with Crippen LogP contribution in [0.1, 0.15) is 36.0 Å². The van der Waals surface area contributed by atoms with E-state index in [0.29, 0.717) is 10.9 Å². The molecule has 112 valence electrons. The van der Waals surface area contributed by atoms with Gasteiger partial charge in [-0.3, -0.25) is 0 Å². The summed E-state index contributed by atoms with van der Waals surface area (Å²) in [6, 6.07) is 7.72. The van der Waals surface area contributed by atoms with Gasteiger partial charge in [0.05, 0.1) is 7.11 Å². The standard InChI is InChI=1S/C15H16ClNO3S/c1-15(2,3)9-7-5-6-8-10(9)20-14-17-12(16)11(21-14)13(18)19-4/h5-8H,1-4H3. The minimum atomic E-state index is -0.517. The first-order valence-electron chi connectivity index (χ1n) is 6.35. The number of halogens is 1. The van der Waals surface area contributed by atoms with Crippen LogP contribution in [0.2, 0.25) is 5.15 Å². The van der Waals surface area contributed by atoms with Crippen molar-refractivity contribution in [3.8, 4) is 10.9 Å². The fourth-order valence-corrected chi connectivity index (χ4v) is 2.87. The molecule has 0 saturated carbocycles. The molecular formula is C15H16ClNO3S. The maximum atomic E-state index is 11.5. The summed E-state index contributed by atoms with van der Waals surface area (Å²) in [5, 5.41) is 0.409. The van der Waals surface area contributed by atoms with Crippen molar-refractivity contribution >= 4 is 28.9 Å². The summed E-state index contributed by atoms with van der Waals surface area (Å²) in [5.74, 6) is 0.184. The Morgan fingerprint density at radius 3 is 2.57 bits per heavy atom. The number of ether oxygens (including phenoxy) is 2. The monoisotopic (exact) mass is 325 g/mol. The number of esters is 1. The molecule has 0 bridgehead atoms. The molecule has 2 aromatic rings. The van der Waals surface area contributed by atoms with E-state index in [4.69, 9.17) is 16.3 Å². The van der Waals surface area contributed by atoms with E-state index in [0.717, 1.165) is 16.9 Å². The lowest BCUT2D eigenvalue weighted by Crippen LogP contribution is -2.12. The van der Waals surface area contributed by atoms with Crippen LogP contribution in [0.5, 0.6) is 10.9 Å². The summed E-state index contributed by atoms with van der Waals surface area (Å²) in [7, 11) is 1.30. The summed E-state index contributed by atoms with van der Waals surface area (Å²) in [6.45, 7) is 6.30. The predicted molar refractivity (Wildman–Crippen MR) is 83.7 cm³/mol. The third-order valence-corrected chi connectivity index (χ3v) is 4.13. The predicted octanol–water partition coefficient (Wildman–Crippen LogP) is 4.67. The molecule has 6 heteroatoms.